The van der Waals surface area contributed by atoms with Crippen LogP contribution in [0.4, 0.5) is 8.78 Å². The van der Waals surface area contributed by atoms with Gasteiger partial charge < -0.3 is 10.2 Å². The Morgan fingerprint density at radius 2 is 1.86 bits per heavy atom. The standard InChI is InChI=1S/C15H20F2N2O.ClH/c16-13-5-4-6-14(17)12(13)11-18-8-10-19-9-3-1-2-7-15(19)20;/h4-6,18H,1-3,7-11H2;1H. The number of carbonyl (C=O) groups is 1. The van der Waals surface area contributed by atoms with Gasteiger partial charge in [0.1, 0.15) is 11.6 Å². The first kappa shape index (κ1) is 17.9. The third-order valence-electron chi connectivity index (χ3n) is 3.59. The van der Waals surface area contributed by atoms with Gasteiger partial charge in [-0.1, -0.05) is 12.5 Å². The zero-order valence-electron chi connectivity index (χ0n) is 11.9. The van der Waals surface area contributed by atoms with Crippen LogP contribution >= 0.6 is 12.4 Å². The number of halogens is 3. The average Bonchev–Trinajstić information content (AvgIpc) is 2.62. The predicted octanol–water partition coefficient (Wildman–Crippen LogP) is 2.88. The number of nitrogens with one attached hydrogen (secondary N) is 1. The van der Waals surface area contributed by atoms with Crippen molar-refractivity contribution in [2.75, 3.05) is 19.6 Å². The van der Waals surface area contributed by atoms with Crippen molar-refractivity contribution < 1.29 is 13.6 Å². The van der Waals surface area contributed by atoms with Gasteiger partial charge in [-0.15, -0.1) is 12.4 Å². The Bertz CT molecular complexity index is 451. The van der Waals surface area contributed by atoms with Crippen molar-refractivity contribution in [3.8, 4) is 0 Å². The van der Waals surface area contributed by atoms with Gasteiger partial charge in [0, 0.05) is 38.2 Å². The highest BCUT2D eigenvalue weighted by molar-refractivity contribution is 5.85. The highest BCUT2D eigenvalue weighted by Gasteiger charge is 2.15. The number of amides is 1. The smallest absolute Gasteiger partial charge is 0.222 e. The molecule has 0 unspecified atom stereocenters. The molecule has 0 spiro atoms. The van der Waals surface area contributed by atoms with Gasteiger partial charge in [-0.25, -0.2) is 8.78 Å². The Hall–Kier alpha value is -1.20. The molecule has 0 bridgehead atoms. The molecule has 1 heterocycles. The van der Waals surface area contributed by atoms with Crippen LogP contribution in [0.15, 0.2) is 18.2 Å². The van der Waals surface area contributed by atoms with E-state index >= 15 is 0 Å². The normalized spacial score (nSPS) is 15.5. The fraction of sp³-hybridized carbons (Fsp3) is 0.533. The van der Waals surface area contributed by atoms with E-state index in [1.807, 2.05) is 4.90 Å². The molecule has 0 aliphatic carbocycles. The van der Waals surface area contributed by atoms with Crippen LogP contribution in [0.25, 0.3) is 0 Å². The van der Waals surface area contributed by atoms with Gasteiger partial charge in [0.2, 0.25) is 5.91 Å². The third kappa shape index (κ3) is 5.25. The minimum Gasteiger partial charge on any atom is -0.341 e. The van der Waals surface area contributed by atoms with Gasteiger partial charge in [0.15, 0.2) is 0 Å². The molecule has 21 heavy (non-hydrogen) atoms. The lowest BCUT2D eigenvalue weighted by Crippen LogP contribution is -2.36. The van der Waals surface area contributed by atoms with Crippen LogP contribution in [0.2, 0.25) is 0 Å². The Morgan fingerprint density at radius 3 is 2.57 bits per heavy atom. The Balaban J connectivity index is 0.00000220. The van der Waals surface area contributed by atoms with Crippen LogP contribution in [0, 0.1) is 11.6 Å². The molecule has 3 nitrogen and oxygen atoms in total. The maximum atomic E-state index is 13.4. The Morgan fingerprint density at radius 1 is 1.14 bits per heavy atom. The lowest BCUT2D eigenvalue weighted by Gasteiger charge is -2.20. The first-order chi connectivity index (χ1) is 9.68. The fourth-order valence-corrected chi connectivity index (χ4v) is 2.40. The van der Waals surface area contributed by atoms with Crippen LogP contribution in [-0.4, -0.2) is 30.4 Å². The molecule has 1 fully saturated rings. The van der Waals surface area contributed by atoms with Crippen LogP contribution in [-0.2, 0) is 11.3 Å². The highest BCUT2D eigenvalue weighted by Crippen LogP contribution is 2.12. The van der Waals surface area contributed by atoms with Crippen molar-refractivity contribution in [1.82, 2.24) is 10.2 Å². The van der Waals surface area contributed by atoms with E-state index in [0.29, 0.717) is 19.5 Å². The van der Waals surface area contributed by atoms with Gasteiger partial charge in [-0.2, -0.15) is 0 Å². The molecular formula is C15H21ClF2N2O. The molecule has 2 rings (SSSR count). The summed E-state index contributed by atoms with van der Waals surface area (Å²) in [6.07, 6.45) is 3.70. The molecule has 1 saturated heterocycles. The number of likely N-dealkylation sites (tertiary alicyclic amines) is 1. The van der Waals surface area contributed by atoms with E-state index in [-0.39, 0.29) is 30.4 Å². The number of benzene rings is 1. The molecule has 0 atom stereocenters. The summed E-state index contributed by atoms with van der Waals surface area (Å²) < 4.78 is 26.8. The van der Waals surface area contributed by atoms with Gasteiger partial charge in [-0.3, -0.25) is 4.79 Å². The summed E-state index contributed by atoms with van der Waals surface area (Å²) in [5.41, 5.74) is 0.0506. The Kier molecular flexibility index (Phi) is 7.61. The largest absolute Gasteiger partial charge is 0.341 e. The zero-order chi connectivity index (χ0) is 14.4. The molecule has 118 valence electrons. The highest BCUT2D eigenvalue weighted by atomic mass is 35.5. The molecule has 0 saturated carbocycles. The van der Waals surface area contributed by atoms with E-state index in [2.05, 4.69) is 5.32 Å². The number of hydrogen-bond acceptors (Lipinski definition) is 2. The molecule has 0 aromatic heterocycles. The van der Waals surface area contributed by atoms with Gasteiger partial charge in [0.05, 0.1) is 0 Å². The minimum absolute atomic E-state index is 0. The van der Waals surface area contributed by atoms with Crippen molar-refractivity contribution in [1.29, 1.82) is 0 Å². The summed E-state index contributed by atoms with van der Waals surface area (Å²) in [4.78, 5) is 13.6. The minimum atomic E-state index is -0.539. The maximum absolute atomic E-state index is 13.4. The number of nitrogens with zero attached hydrogens (tertiary/aromatic N) is 1. The quantitative estimate of drug-likeness (QED) is 0.847. The monoisotopic (exact) mass is 318 g/mol. The topological polar surface area (TPSA) is 32.3 Å². The van der Waals surface area contributed by atoms with Gasteiger partial charge >= 0.3 is 0 Å². The molecule has 1 N–H and O–H groups in total. The van der Waals surface area contributed by atoms with Crippen molar-refractivity contribution in [3.63, 3.8) is 0 Å². The van der Waals surface area contributed by atoms with E-state index in [4.69, 9.17) is 0 Å². The van der Waals surface area contributed by atoms with E-state index in [9.17, 15) is 13.6 Å². The van der Waals surface area contributed by atoms with E-state index in [1.165, 1.54) is 18.2 Å². The second-order valence-electron chi connectivity index (χ2n) is 5.07. The molecular weight excluding hydrogens is 298 g/mol. The van der Waals surface area contributed by atoms with Crippen molar-refractivity contribution >= 4 is 18.3 Å². The lowest BCUT2D eigenvalue weighted by molar-refractivity contribution is -0.130. The van der Waals surface area contributed by atoms with Crippen LogP contribution in [0.1, 0.15) is 31.2 Å². The maximum Gasteiger partial charge on any atom is 0.222 e. The summed E-state index contributed by atoms with van der Waals surface area (Å²) in [5.74, 6) is -0.895. The molecule has 6 heteroatoms. The molecule has 1 aliphatic heterocycles. The predicted molar refractivity (Wildman–Crippen MR) is 80.4 cm³/mol. The summed E-state index contributed by atoms with van der Waals surface area (Å²) >= 11 is 0. The average molecular weight is 319 g/mol. The number of hydrogen-bond donors (Lipinski definition) is 1. The fourth-order valence-electron chi connectivity index (χ4n) is 2.40. The second-order valence-corrected chi connectivity index (χ2v) is 5.07. The van der Waals surface area contributed by atoms with Gasteiger partial charge in [-0.05, 0) is 25.0 Å². The Labute approximate surface area is 130 Å². The molecule has 1 amide bonds. The van der Waals surface area contributed by atoms with Crippen molar-refractivity contribution in [2.24, 2.45) is 0 Å². The van der Waals surface area contributed by atoms with E-state index in [0.717, 1.165) is 25.8 Å². The SMILES string of the molecule is Cl.O=C1CCCCCN1CCNCc1c(F)cccc1F. The van der Waals surface area contributed by atoms with Gasteiger partial charge in [0.25, 0.3) is 0 Å². The van der Waals surface area contributed by atoms with Crippen LogP contribution in [0.3, 0.4) is 0 Å². The summed E-state index contributed by atoms with van der Waals surface area (Å²) in [6, 6.07) is 3.85. The number of rotatable bonds is 5. The number of carbonyl (C=O) groups excluding carboxylic acids is 1. The van der Waals surface area contributed by atoms with E-state index in [1.54, 1.807) is 0 Å². The van der Waals surface area contributed by atoms with Crippen LogP contribution in [0.5, 0.6) is 0 Å². The van der Waals surface area contributed by atoms with Crippen LogP contribution < -0.4 is 5.32 Å². The summed E-state index contributed by atoms with van der Waals surface area (Å²) in [7, 11) is 0. The molecule has 0 radical (unpaired) electrons. The summed E-state index contributed by atoms with van der Waals surface area (Å²) in [5, 5.41) is 3.00. The summed E-state index contributed by atoms with van der Waals surface area (Å²) in [6.45, 7) is 2.06. The molecule has 1 aliphatic rings. The van der Waals surface area contributed by atoms with Crippen molar-refractivity contribution in [3.05, 3.63) is 35.4 Å². The zero-order valence-corrected chi connectivity index (χ0v) is 12.7. The van der Waals surface area contributed by atoms with E-state index < -0.39 is 11.6 Å². The molecule has 1 aromatic rings. The van der Waals surface area contributed by atoms with Crippen molar-refractivity contribution in [2.45, 2.75) is 32.2 Å². The first-order valence-corrected chi connectivity index (χ1v) is 7.10. The first-order valence-electron chi connectivity index (χ1n) is 7.10. The second kappa shape index (κ2) is 8.95. The third-order valence-corrected chi connectivity index (χ3v) is 3.59. The lowest BCUT2D eigenvalue weighted by atomic mass is 10.2. The molecule has 1 aromatic carbocycles.